The van der Waals surface area contributed by atoms with E-state index >= 15 is 0 Å². The maximum absolute atomic E-state index is 6.24. The lowest BCUT2D eigenvalue weighted by Crippen LogP contribution is -2.41. The molecule has 124 valence electrons. The summed E-state index contributed by atoms with van der Waals surface area (Å²) in [5.41, 5.74) is 1.29. The summed E-state index contributed by atoms with van der Waals surface area (Å²) in [4.78, 5) is 0. The molecule has 1 fully saturated rings. The molecule has 3 rings (SSSR count). The number of fused-ring (bicyclic) bond motifs is 1. The van der Waals surface area contributed by atoms with Crippen LogP contribution in [0.1, 0.15) is 33.3 Å². The number of rotatable bonds is 4. The third kappa shape index (κ3) is 2.78. The average molecular weight is 334 g/mol. The Labute approximate surface area is 141 Å². The maximum atomic E-state index is 6.24. The Morgan fingerprint density at radius 3 is 2.43 bits per heavy atom. The van der Waals surface area contributed by atoms with E-state index in [9.17, 15) is 0 Å². The van der Waals surface area contributed by atoms with Crippen molar-refractivity contribution < 1.29 is 18.8 Å². The Balaban J connectivity index is 2.11. The zero-order chi connectivity index (χ0) is 16.8. The van der Waals surface area contributed by atoms with Gasteiger partial charge in [0.2, 0.25) is 0 Å². The highest BCUT2D eigenvalue weighted by atomic mass is 32.1. The van der Waals surface area contributed by atoms with E-state index in [-0.39, 0.29) is 18.0 Å². The second-order valence-electron chi connectivity index (χ2n) is 6.91. The monoisotopic (exact) mass is 334 g/mol. The highest BCUT2D eigenvalue weighted by Crippen LogP contribution is 2.39. The minimum atomic E-state index is -0.448. The fourth-order valence-electron chi connectivity index (χ4n) is 2.75. The van der Waals surface area contributed by atoms with Crippen LogP contribution < -0.4 is 10.2 Å². The van der Waals surface area contributed by atoms with Crippen molar-refractivity contribution in [1.29, 1.82) is 0 Å². The molecule has 1 aliphatic rings. The Kier molecular flexibility index (Phi) is 4.21. The molecule has 6 heteroatoms. The first kappa shape index (κ1) is 16.8. The number of benzene rings is 1. The fraction of sp³-hybridized carbons (Fsp3) is 0.529. The van der Waals surface area contributed by atoms with Gasteiger partial charge < -0.3 is 18.8 Å². The average Bonchev–Trinajstić information content (AvgIpc) is 2.97. The summed E-state index contributed by atoms with van der Waals surface area (Å²) in [5, 5.41) is 3.14. The van der Waals surface area contributed by atoms with Crippen molar-refractivity contribution >= 4 is 34.0 Å². The quantitative estimate of drug-likeness (QED) is 0.634. The van der Waals surface area contributed by atoms with E-state index in [2.05, 4.69) is 52.1 Å². The number of hydrogen-bond acceptors (Lipinski definition) is 5. The van der Waals surface area contributed by atoms with Gasteiger partial charge in [-0.3, -0.25) is 0 Å². The van der Waals surface area contributed by atoms with Crippen molar-refractivity contribution in [2.24, 2.45) is 0 Å². The highest BCUT2D eigenvalue weighted by Gasteiger charge is 2.53. The molecule has 1 saturated heterocycles. The second-order valence-corrected chi connectivity index (χ2v) is 7.86. The fourth-order valence-corrected chi connectivity index (χ4v) is 3.63. The van der Waals surface area contributed by atoms with Crippen LogP contribution in [0, 0.1) is 6.92 Å². The predicted molar refractivity (Wildman–Crippen MR) is 94.8 cm³/mol. The lowest BCUT2D eigenvalue weighted by Gasteiger charge is -2.32. The zero-order valence-corrected chi connectivity index (χ0v) is 15.4. The minimum absolute atomic E-state index is 0.195. The molecule has 0 N–H and O–H groups in total. The molecule has 23 heavy (non-hydrogen) atoms. The number of ether oxygens (including phenoxy) is 2. The summed E-state index contributed by atoms with van der Waals surface area (Å²) in [6.07, 6.45) is 0. The summed E-state index contributed by atoms with van der Waals surface area (Å²) in [6.45, 7) is 10.5. The Bertz CT molecular complexity index is 707. The van der Waals surface area contributed by atoms with Crippen LogP contribution in [0.4, 0.5) is 0 Å². The molecule has 0 saturated carbocycles. The molecule has 0 radical (unpaired) electrons. The molecule has 2 heterocycles. The molecule has 0 amide bonds. The normalized spacial score (nSPS) is 19.5. The van der Waals surface area contributed by atoms with Crippen LogP contribution in [0.5, 0.6) is 5.75 Å². The van der Waals surface area contributed by atoms with Gasteiger partial charge in [0.15, 0.2) is 6.79 Å². The Morgan fingerprint density at radius 2 is 1.83 bits per heavy atom. The molecule has 0 atom stereocenters. The van der Waals surface area contributed by atoms with Crippen molar-refractivity contribution in [3.05, 3.63) is 23.1 Å². The van der Waals surface area contributed by atoms with Gasteiger partial charge in [0.1, 0.15) is 5.75 Å². The van der Waals surface area contributed by atoms with Crippen molar-refractivity contribution in [2.75, 3.05) is 13.9 Å². The molecule has 2 aromatic rings. The molecule has 0 bridgehead atoms. The van der Waals surface area contributed by atoms with Gasteiger partial charge in [-0.2, -0.15) is 0 Å². The Hall–Kier alpha value is -1.08. The van der Waals surface area contributed by atoms with Crippen LogP contribution in [0.3, 0.4) is 0 Å². The van der Waals surface area contributed by atoms with E-state index in [1.807, 2.05) is 0 Å². The third-order valence-electron chi connectivity index (χ3n) is 4.77. The van der Waals surface area contributed by atoms with Gasteiger partial charge in [-0.15, -0.1) is 11.3 Å². The lowest BCUT2D eigenvalue weighted by atomic mass is 9.75. The standard InChI is InChI=1S/C17H23BO4S/c1-11-9-13-12(7-8-23-13)15(20-10-19-6)14(11)18-21-16(2,3)17(4,5)22-18/h7-9H,10H2,1-6H3. The smallest absolute Gasteiger partial charge is 0.467 e. The molecular weight excluding hydrogens is 311 g/mol. The summed E-state index contributed by atoms with van der Waals surface area (Å²) >= 11 is 1.70. The maximum Gasteiger partial charge on any atom is 0.498 e. The largest absolute Gasteiger partial charge is 0.498 e. The van der Waals surface area contributed by atoms with E-state index in [0.717, 1.165) is 22.2 Å². The third-order valence-corrected chi connectivity index (χ3v) is 5.63. The Morgan fingerprint density at radius 1 is 1.17 bits per heavy atom. The van der Waals surface area contributed by atoms with Gasteiger partial charge in [-0.1, -0.05) is 0 Å². The SMILES string of the molecule is COCOc1c(B2OC(C)(C)C(C)(C)O2)c(C)cc2sccc12. The van der Waals surface area contributed by atoms with Gasteiger partial charge in [0.25, 0.3) is 0 Å². The number of aryl methyl sites for hydroxylation is 1. The van der Waals surface area contributed by atoms with E-state index in [1.165, 1.54) is 4.70 Å². The van der Waals surface area contributed by atoms with Gasteiger partial charge in [0.05, 0.1) is 11.2 Å². The summed E-state index contributed by atoms with van der Waals surface area (Å²) in [5.74, 6) is 0.793. The molecule has 1 aliphatic heterocycles. The first-order valence-corrected chi connectivity index (χ1v) is 8.63. The van der Waals surface area contributed by atoms with Crippen molar-refractivity contribution in [3.8, 4) is 5.75 Å². The second kappa shape index (κ2) is 5.78. The first-order valence-electron chi connectivity index (χ1n) is 7.75. The van der Waals surface area contributed by atoms with E-state index in [4.69, 9.17) is 18.8 Å². The van der Waals surface area contributed by atoms with Crippen LogP contribution in [-0.2, 0) is 14.0 Å². The molecule has 0 spiro atoms. The zero-order valence-electron chi connectivity index (χ0n) is 14.6. The molecule has 1 aromatic heterocycles. The number of methoxy groups -OCH3 is 1. The molecule has 4 nitrogen and oxygen atoms in total. The van der Waals surface area contributed by atoms with Crippen molar-refractivity contribution in [2.45, 2.75) is 45.8 Å². The highest BCUT2D eigenvalue weighted by molar-refractivity contribution is 7.17. The lowest BCUT2D eigenvalue weighted by molar-refractivity contribution is 0.00578. The van der Waals surface area contributed by atoms with Gasteiger partial charge in [0, 0.05) is 22.7 Å². The van der Waals surface area contributed by atoms with E-state index in [1.54, 1.807) is 18.4 Å². The number of thiophene rings is 1. The number of hydrogen-bond donors (Lipinski definition) is 0. The van der Waals surface area contributed by atoms with Crippen LogP contribution >= 0.6 is 11.3 Å². The molecule has 0 aliphatic carbocycles. The van der Waals surface area contributed by atoms with Crippen molar-refractivity contribution in [3.63, 3.8) is 0 Å². The van der Waals surface area contributed by atoms with Gasteiger partial charge >= 0.3 is 7.12 Å². The molecule has 1 aromatic carbocycles. The predicted octanol–water partition coefficient (Wildman–Crippen LogP) is 3.49. The van der Waals surface area contributed by atoms with Crippen LogP contribution in [0.25, 0.3) is 10.1 Å². The van der Waals surface area contributed by atoms with E-state index in [0.29, 0.717) is 0 Å². The molecule has 0 unspecified atom stereocenters. The molecular formula is C17H23BO4S. The topological polar surface area (TPSA) is 36.9 Å². The van der Waals surface area contributed by atoms with Crippen LogP contribution in [0.15, 0.2) is 17.5 Å². The summed E-state index contributed by atoms with van der Waals surface area (Å²) in [6, 6.07) is 4.24. The van der Waals surface area contributed by atoms with Crippen molar-refractivity contribution in [1.82, 2.24) is 0 Å². The van der Waals surface area contributed by atoms with Crippen LogP contribution in [0.2, 0.25) is 0 Å². The minimum Gasteiger partial charge on any atom is -0.467 e. The van der Waals surface area contributed by atoms with Gasteiger partial charge in [-0.05, 0) is 57.7 Å². The van der Waals surface area contributed by atoms with E-state index < -0.39 is 7.12 Å². The van der Waals surface area contributed by atoms with Gasteiger partial charge in [-0.25, -0.2) is 0 Å². The summed E-state index contributed by atoms with van der Waals surface area (Å²) < 4.78 is 24.7. The first-order chi connectivity index (χ1) is 10.8. The van der Waals surface area contributed by atoms with Crippen LogP contribution in [-0.4, -0.2) is 32.2 Å². The summed E-state index contributed by atoms with van der Waals surface area (Å²) in [7, 11) is 1.17.